The SMILES string of the molecule is COc1ccc(/C=C/C(=O)N(CCCO)C2CCC2)cc1. The number of aliphatic hydroxyl groups excluding tert-OH is 1. The van der Waals surface area contributed by atoms with Crippen molar-refractivity contribution in [1.29, 1.82) is 0 Å². The van der Waals surface area contributed by atoms with Crippen LogP contribution in [0.5, 0.6) is 5.75 Å². The Morgan fingerprint density at radius 2 is 2.10 bits per heavy atom. The van der Waals surface area contributed by atoms with E-state index in [-0.39, 0.29) is 12.5 Å². The maximum absolute atomic E-state index is 12.3. The van der Waals surface area contributed by atoms with Crippen molar-refractivity contribution in [1.82, 2.24) is 4.90 Å². The molecule has 1 N–H and O–H groups in total. The fraction of sp³-hybridized carbons (Fsp3) is 0.471. The Bertz CT molecular complexity index is 477. The fourth-order valence-electron chi connectivity index (χ4n) is 2.39. The molecule has 1 saturated carbocycles. The Hall–Kier alpha value is -1.81. The number of hydrogen-bond donors (Lipinski definition) is 1. The highest BCUT2D eigenvalue weighted by Gasteiger charge is 2.26. The second-order valence-corrected chi connectivity index (χ2v) is 5.30. The first kappa shape index (κ1) is 15.6. The molecule has 0 atom stereocenters. The summed E-state index contributed by atoms with van der Waals surface area (Å²) in [6.45, 7) is 0.756. The maximum Gasteiger partial charge on any atom is 0.246 e. The minimum Gasteiger partial charge on any atom is -0.497 e. The highest BCUT2D eigenvalue weighted by Crippen LogP contribution is 2.25. The lowest BCUT2D eigenvalue weighted by atomic mass is 9.91. The minimum absolute atomic E-state index is 0.0315. The molecule has 1 aromatic rings. The number of amides is 1. The van der Waals surface area contributed by atoms with E-state index >= 15 is 0 Å². The zero-order valence-electron chi connectivity index (χ0n) is 12.5. The van der Waals surface area contributed by atoms with Crippen LogP contribution in [0, 0.1) is 0 Å². The molecule has 0 bridgehead atoms. The zero-order valence-corrected chi connectivity index (χ0v) is 12.5. The van der Waals surface area contributed by atoms with Crippen LogP contribution >= 0.6 is 0 Å². The van der Waals surface area contributed by atoms with E-state index in [1.165, 1.54) is 6.42 Å². The second-order valence-electron chi connectivity index (χ2n) is 5.30. The molecule has 0 radical (unpaired) electrons. The van der Waals surface area contributed by atoms with Gasteiger partial charge in [-0.3, -0.25) is 4.79 Å². The van der Waals surface area contributed by atoms with Gasteiger partial charge in [-0.25, -0.2) is 0 Å². The number of carbonyl (C=O) groups excluding carboxylic acids is 1. The number of rotatable bonds is 7. The van der Waals surface area contributed by atoms with E-state index in [1.807, 2.05) is 35.2 Å². The molecule has 0 unspecified atom stereocenters. The van der Waals surface area contributed by atoms with Crippen LogP contribution in [0.1, 0.15) is 31.2 Å². The van der Waals surface area contributed by atoms with Gasteiger partial charge in [0.2, 0.25) is 5.91 Å². The summed E-state index contributed by atoms with van der Waals surface area (Å²) in [7, 11) is 1.63. The third kappa shape index (κ3) is 4.33. The number of methoxy groups -OCH3 is 1. The van der Waals surface area contributed by atoms with Crippen molar-refractivity contribution in [3.63, 3.8) is 0 Å². The molecule has 4 nitrogen and oxygen atoms in total. The summed E-state index contributed by atoms with van der Waals surface area (Å²) in [6, 6.07) is 7.94. The minimum atomic E-state index is 0.0315. The Balaban J connectivity index is 1.97. The second kappa shape index (κ2) is 7.84. The van der Waals surface area contributed by atoms with Crippen LogP contribution in [0.25, 0.3) is 6.08 Å². The van der Waals surface area contributed by atoms with Gasteiger partial charge in [-0.1, -0.05) is 12.1 Å². The maximum atomic E-state index is 12.3. The van der Waals surface area contributed by atoms with Gasteiger partial charge in [-0.2, -0.15) is 0 Å². The van der Waals surface area contributed by atoms with Crippen molar-refractivity contribution in [2.45, 2.75) is 31.7 Å². The van der Waals surface area contributed by atoms with Crippen LogP contribution in [-0.4, -0.2) is 42.2 Å². The van der Waals surface area contributed by atoms with Gasteiger partial charge in [0, 0.05) is 25.3 Å². The van der Waals surface area contributed by atoms with Crippen molar-refractivity contribution >= 4 is 12.0 Å². The average Bonchev–Trinajstić information content (AvgIpc) is 2.47. The molecule has 0 saturated heterocycles. The number of benzene rings is 1. The normalized spacial score (nSPS) is 15.0. The Labute approximate surface area is 126 Å². The van der Waals surface area contributed by atoms with Crippen molar-refractivity contribution in [3.8, 4) is 5.75 Å². The van der Waals surface area contributed by atoms with Gasteiger partial charge in [0.15, 0.2) is 0 Å². The molecule has 0 heterocycles. The molecule has 114 valence electrons. The topological polar surface area (TPSA) is 49.8 Å². The third-order valence-corrected chi connectivity index (χ3v) is 3.89. The van der Waals surface area contributed by atoms with Gasteiger partial charge in [0.1, 0.15) is 5.75 Å². The molecular weight excluding hydrogens is 266 g/mol. The van der Waals surface area contributed by atoms with Crippen LogP contribution in [0.2, 0.25) is 0 Å². The lowest BCUT2D eigenvalue weighted by Crippen LogP contribution is -2.44. The van der Waals surface area contributed by atoms with Gasteiger partial charge in [0.05, 0.1) is 7.11 Å². The standard InChI is InChI=1S/C17H23NO3/c1-21-16-9-6-14(7-10-16)8-11-17(20)18(12-3-13-19)15-4-2-5-15/h6-11,15,19H,2-5,12-13H2,1H3/b11-8+. The van der Waals surface area contributed by atoms with Crippen molar-refractivity contribution in [3.05, 3.63) is 35.9 Å². The van der Waals surface area contributed by atoms with Crippen LogP contribution < -0.4 is 4.74 Å². The first-order chi connectivity index (χ1) is 10.2. The summed E-state index contributed by atoms with van der Waals surface area (Å²) >= 11 is 0. The highest BCUT2D eigenvalue weighted by molar-refractivity contribution is 5.92. The lowest BCUT2D eigenvalue weighted by Gasteiger charge is -2.37. The van der Waals surface area contributed by atoms with Crippen LogP contribution in [0.15, 0.2) is 30.3 Å². The number of aliphatic hydroxyl groups is 1. The van der Waals surface area contributed by atoms with Gasteiger partial charge < -0.3 is 14.7 Å². The average molecular weight is 289 g/mol. The molecule has 0 aromatic heterocycles. The number of carbonyl (C=O) groups is 1. The van der Waals surface area contributed by atoms with Crippen LogP contribution in [0.4, 0.5) is 0 Å². The first-order valence-corrected chi connectivity index (χ1v) is 7.48. The van der Waals surface area contributed by atoms with E-state index in [1.54, 1.807) is 13.2 Å². The molecule has 1 amide bonds. The Morgan fingerprint density at radius 1 is 1.38 bits per heavy atom. The van der Waals surface area contributed by atoms with Gasteiger partial charge in [-0.05, 0) is 49.5 Å². The largest absolute Gasteiger partial charge is 0.497 e. The summed E-state index contributed by atoms with van der Waals surface area (Å²) in [4.78, 5) is 14.2. The summed E-state index contributed by atoms with van der Waals surface area (Å²) < 4.78 is 5.11. The van der Waals surface area contributed by atoms with Crippen molar-refractivity contribution in [2.24, 2.45) is 0 Å². The monoisotopic (exact) mass is 289 g/mol. The molecule has 1 fully saturated rings. The summed E-state index contributed by atoms with van der Waals surface area (Å²) in [5.41, 5.74) is 0.972. The molecule has 4 heteroatoms. The van der Waals surface area contributed by atoms with Crippen molar-refractivity contribution in [2.75, 3.05) is 20.3 Å². The van der Waals surface area contributed by atoms with E-state index in [0.717, 1.165) is 24.2 Å². The van der Waals surface area contributed by atoms with Gasteiger partial charge in [-0.15, -0.1) is 0 Å². The van der Waals surface area contributed by atoms with E-state index in [0.29, 0.717) is 19.0 Å². The third-order valence-electron chi connectivity index (χ3n) is 3.89. The smallest absolute Gasteiger partial charge is 0.246 e. The number of hydrogen-bond acceptors (Lipinski definition) is 3. The predicted molar refractivity (Wildman–Crippen MR) is 83.1 cm³/mol. The number of ether oxygens (including phenoxy) is 1. The molecule has 21 heavy (non-hydrogen) atoms. The first-order valence-electron chi connectivity index (χ1n) is 7.48. The highest BCUT2D eigenvalue weighted by atomic mass is 16.5. The van der Waals surface area contributed by atoms with Gasteiger partial charge in [0.25, 0.3) is 0 Å². The molecule has 0 spiro atoms. The predicted octanol–water partition coefficient (Wildman–Crippen LogP) is 2.47. The van der Waals surface area contributed by atoms with Crippen LogP contribution in [0.3, 0.4) is 0 Å². The molecule has 0 aliphatic heterocycles. The van der Waals surface area contributed by atoms with E-state index in [2.05, 4.69) is 0 Å². The van der Waals surface area contributed by atoms with Crippen LogP contribution in [-0.2, 0) is 4.79 Å². The van der Waals surface area contributed by atoms with Gasteiger partial charge >= 0.3 is 0 Å². The lowest BCUT2D eigenvalue weighted by molar-refractivity contribution is -0.130. The quantitative estimate of drug-likeness (QED) is 0.785. The van der Waals surface area contributed by atoms with E-state index < -0.39 is 0 Å². The Kier molecular flexibility index (Phi) is 5.81. The fourth-order valence-corrected chi connectivity index (χ4v) is 2.39. The molecule has 1 aliphatic carbocycles. The van der Waals surface area contributed by atoms with E-state index in [4.69, 9.17) is 9.84 Å². The summed E-state index contributed by atoms with van der Waals surface area (Å²) in [5, 5.41) is 8.96. The van der Waals surface area contributed by atoms with E-state index in [9.17, 15) is 4.79 Å². The summed E-state index contributed by atoms with van der Waals surface area (Å²) in [5.74, 6) is 0.835. The summed E-state index contributed by atoms with van der Waals surface area (Å²) in [6.07, 6.45) is 7.43. The molecule has 1 aromatic carbocycles. The number of nitrogens with zero attached hydrogens (tertiary/aromatic N) is 1. The van der Waals surface area contributed by atoms with Crippen molar-refractivity contribution < 1.29 is 14.6 Å². The molecule has 1 aliphatic rings. The Morgan fingerprint density at radius 3 is 2.62 bits per heavy atom. The molecule has 2 rings (SSSR count). The molecular formula is C17H23NO3. The zero-order chi connectivity index (χ0) is 15.1.